The van der Waals surface area contributed by atoms with Crippen molar-refractivity contribution in [3.63, 3.8) is 0 Å². The van der Waals surface area contributed by atoms with Gasteiger partial charge in [-0.25, -0.2) is 4.68 Å². The number of aliphatic hydroxyl groups is 1. The van der Waals surface area contributed by atoms with Crippen LogP contribution in [-0.2, 0) is 19.9 Å². The molecule has 1 aliphatic carbocycles. The lowest BCUT2D eigenvalue weighted by atomic mass is 9.81. The van der Waals surface area contributed by atoms with Crippen LogP contribution in [0.15, 0.2) is 54.6 Å². The van der Waals surface area contributed by atoms with Crippen LogP contribution in [0, 0.1) is 6.92 Å². The van der Waals surface area contributed by atoms with Crippen LogP contribution in [0.5, 0.6) is 5.75 Å². The Kier molecular flexibility index (Phi) is 8.85. The molecule has 0 amide bonds. The van der Waals surface area contributed by atoms with Gasteiger partial charge in [0.2, 0.25) is 0 Å². The van der Waals surface area contributed by atoms with E-state index in [1.165, 1.54) is 5.56 Å². The predicted octanol–water partition coefficient (Wildman–Crippen LogP) is 4.81. The minimum Gasteiger partial charge on any atom is -0.497 e. The highest BCUT2D eigenvalue weighted by Gasteiger charge is 2.37. The molecular formula is C27H34N2O5. The summed E-state index contributed by atoms with van der Waals surface area (Å²) in [6, 6.07) is 18.2. The summed E-state index contributed by atoms with van der Waals surface area (Å²) >= 11 is 0. The van der Waals surface area contributed by atoms with Gasteiger partial charge in [0, 0.05) is 12.7 Å². The van der Waals surface area contributed by atoms with Crippen molar-refractivity contribution >= 4 is 6.47 Å². The molecule has 1 fully saturated rings. The van der Waals surface area contributed by atoms with Crippen LogP contribution in [0.25, 0.3) is 16.9 Å². The Morgan fingerprint density at radius 2 is 1.74 bits per heavy atom. The molecule has 182 valence electrons. The van der Waals surface area contributed by atoms with Crippen LogP contribution in [0.4, 0.5) is 0 Å². The van der Waals surface area contributed by atoms with E-state index in [0.29, 0.717) is 25.9 Å². The van der Waals surface area contributed by atoms with Gasteiger partial charge in [0.25, 0.3) is 6.47 Å². The molecule has 0 unspecified atom stereocenters. The van der Waals surface area contributed by atoms with Crippen LogP contribution in [-0.4, -0.2) is 48.3 Å². The normalized spacial score (nSPS) is 19.6. The smallest absolute Gasteiger partial charge is 0.293 e. The van der Waals surface area contributed by atoms with Gasteiger partial charge < -0.3 is 19.3 Å². The van der Waals surface area contributed by atoms with Gasteiger partial charge in [0.05, 0.1) is 36.9 Å². The number of rotatable bonds is 7. The third-order valence-corrected chi connectivity index (χ3v) is 6.18. The van der Waals surface area contributed by atoms with E-state index in [1.54, 1.807) is 21.1 Å². The maximum Gasteiger partial charge on any atom is 0.293 e. The molecule has 1 N–H and O–H groups in total. The summed E-state index contributed by atoms with van der Waals surface area (Å²) in [6.07, 6.45) is 3.19. The standard InChI is InChI=1S/C24H28N2O3.C3H6O2/c1-17-4-6-18(7-5-17)22-16-23(24(27)14-12-21(29-3)13-15-24)25-26(22)19-8-10-20(28-2)11-9-19;1-2-5-3-4/h4-11,16,21,27H,12-15H2,1-3H3;3H,2H2,1H3. The molecule has 0 atom stereocenters. The highest BCUT2D eigenvalue weighted by molar-refractivity contribution is 5.63. The van der Waals surface area contributed by atoms with Crippen LogP contribution < -0.4 is 4.74 Å². The summed E-state index contributed by atoms with van der Waals surface area (Å²) in [4.78, 5) is 9.18. The molecule has 0 radical (unpaired) electrons. The van der Waals surface area contributed by atoms with Crippen molar-refractivity contribution in [2.45, 2.75) is 51.2 Å². The first-order valence-corrected chi connectivity index (χ1v) is 11.6. The highest BCUT2D eigenvalue weighted by Crippen LogP contribution is 2.39. The summed E-state index contributed by atoms with van der Waals surface area (Å²) in [6.45, 7) is 4.74. The second-order valence-electron chi connectivity index (χ2n) is 8.41. The van der Waals surface area contributed by atoms with Crippen molar-refractivity contribution in [2.75, 3.05) is 20.8 Å². The van der Waals surface area contributed by atoms with Crippen LogP contribution in [0.1, 0.15) is 43.9 Å². The second-order valence-corrected chi connectivity index (χ2v) is 8.41. The SMILES string of the molecule is CCOC=O.COc1ccc(-n2nc(C3(O)CCC(OC)CC3)cc2-c2ccc(C)cc2)cc1. The zero-order valence-corrected chi connectivity index (χ0v) is 20.4. The molecular weight excluding hydrogens is 432 g/mol. The van der Waals surface area contributed by atoms with Crippen molar-refractivity contribution in [2.24, 2.45) is 0 Å². The van der Waals surface area contributed by atoms with Crippen molar-refractivity contribution in [1.82, 2.24) is 9.78 Å². The third-order valence-electron chi connectivity index (χ3n) is 6.18. The summed E-state index contributed by atoms with van der Waals surface area (Å²) in [5, 5.41) is 16.2. The Morgan fingerprint density at radius 3 is 2.24 bits per heavy atom. The van der Waals surface area contributed by atoms with E-state index in [0.717, 1.165) is 41.2 Å². The lowest BCUT2D eigenvalue weighted by molar-refractivity contribution is -0.128. The van der Waals surface area contributed by atoms with E-state index in [9.17, 15) is 9.90 Å². The van der Waals surface area contributed by atoms with Gasteiger partial charge in [-0.15, -0.1) is 0 Å². The van der Waals surface area contributed by atoms with Gasteiger partial charge >= 0.3 is 0 Å². The molecule has 1 saturated carbocycles. The lowest BCUT2D eigenvalue weighted by Crippen LogP contribution is -2.34. The molecule has 0 aliphatic heterocycles. The number of hydrogen-bond donors (Lipinski definition) is 1. The molecule has 34 heavy (non-hydrogen) atoms. The maximum absolute atomic E-state index is 11.4. The van der Waals surface area contributed by atoms with E-state index >= 15 is 0 Å². The molecule has 1 aromatic heterocycles. The molecule has 0 spiro atoms. The van der Waals surface area contributed by atoms with Crippen molar-refractivity contribution in [3.05, 3.63) is 65.9 Å². The molecule has 3 aromatic rings. The Balaban J connectivity index is 0.000000588. The van der Waals surface area contributed by atoms with Gasteiger partial charge in [0.15, 0.2) is 0 Å². The fraction of sp³-hybridized carbons (Fsp3) is 0.407. The molecule has 1 aliphatic rings. The number of ether oxygens (including phenoxy) is 3. The predicted molar refractivity (Wildman–Crippen MR) is 131 cm³/mol. The number of carbonyl (C=O) groups excluding carboxylic acids is 1. The number of aromatic nitrogens is 2. The van der Waals surface area contributed by atoms with Crippen LogP contribution >= 0.6 is 0 Å². The monoisotopic (exact) mass is 466 g/mol. The molecule has 1 heterocycles. The Morgan fingerprint density at radius 1 is 1.09 bits per heavy atom. The number of hydrogen-bond acceptors (Lipinski definition) is 6. The first-order valence-electron chi connectivity index (χ1n) is 11.6. The zero-order valence-electron chi connectivity index (χ0n) is 20.4. The minimum absolute atomic E-state index is 0.218. The summed E-state index contributed by atoms with van der Waals surface area (Å²) in [5.74, 6) is 0.800. The van der Waals surface area contributed by atoms with Gasteiger partial charge in [-0.1, -0.05) is 29.8 Å². The minimum atomic E-state index is -0.924. The van der Waals surface area contributed by atoms with Gasteiger partial charge in [-0.2, -0.15) is 5.10 Å². The third kappa shape index (κ3) is 6.04. The van der Waals surface area contributed by atoms with E-state index in [4.69, 9.17) is 14.6 Å². The van der Waals surface area contributed by atoms with E-state index in [1.807, 2.05) is 35.0 Å². The Labute approximate surface area is 201 Å². The fourth-order valence-corrected chi connectivity index (χ4v) is 4.09. The van der Waals surface area contributed by atoms with E-state index < -0.39 is 5.60 Å². The first-order chi connectivity index (χ1) is 16.4. The summed E-state index contributed by atoms with van der Waals surface area (Å²) in [5.41, 5.74) is 3.97. The largest absolute Gasteiger partial charge is 0.497 e. The number of carbonyl (C=O) groups is 1. The number of methoxy groups -OCH3 is 2. The fourth-order valence-electron chi connectivity index (χ4n) is 4.09. The van der Waals surface area contributed by atoms with Gasteiger partial charge in [-0.05, 0) is 69.9 Å². The zero-order chi connectivity index (χ0) is 24.6. The summed E-state index contributed by atoms with van der Waals surface area (Å²) < 4.78 is 16.8. The van der Waals surface area contributed by atoms with Crippen molar-refractivity contribution in [1.29, 1.82) is 0 Å². The molecule has 4 rings (SSSR count). The average molecular weight is 467 g/mol. The topological polar surface area (TPSA) is 82.8 Å². The average Bonchev–Trinajstić information content (AvgIpc) is 3.32. The Bertz CT molecular complexity index is 1040. The molecule has 7 heteroatoms. The van der Waals surface area contributed by atoms with Crippen molar-refractivity contribution < 1.29 is 24.1 Å². The quantitative estimate of drug-likeness (QED) is 0.503. The lowest BCUT2D eigenvalue weighted by Gasteiger charge is -2.34. The van der Waals surface area contributed by atoms with Crippen LogP contribution in [0.3, 0.4) is 0 Å². The van der Waals surface area contributed by atoms with Gasteiger partial charge in [0.1, 0.15) is 11.4 Å². The van der Waals surface area contributed by atoms with E-state index in [-0.39, 0.29) is 6.10 Å². The molecule has 2 aromatic carbocycles. The molecule has 0 saturated heterocycles. The Hall–Kier alpha value is -3.16. The first kappa shape index (κ1) is 25.5. The van der Waals surface area contributed by atoms with E-state index in [2.05, 4.69) is 35.9 Å². The van der Waals surface area contributed by atoms with Gasteiger partial charge in [-0.3, -0.25) is 4.79 Å². The molecule has 0 bridgehead atoms. The number of aryl methyl sites for hydroxylation is 1. The number of benzene rings is 2. The number of nitrogens with zero attached hydrogens (tertiary/aromatic N) is 2. The van der Waals surface area contributed by atoms with Crippen molar-refractivity contribution in [3.8, 4) is 22.7 Å². The summed E-state index contributed by atoms with van der Waals surface area (Å²) in [7, 11) is 3.40. The molecule has 7 nitrogen and oxygen atoms in total. The maximum atomic E-state index is 11.4. The van der Waals surface area contributed by atoms with Crippen LogP contribution in [0.2, 0.25) is 0 Å². The second kappa shape index (κ2) is 11.8. The highest BCUT2D eigenvalue weighted by atomic mass is 16.5.